The third-order valence-electron chi connectivity index (χ3n) is 2.57. The van der Waals surface area contributed by atoms with Crippen LogP contribution in [0.5, 0.6) is 5.75 Å². The summed E-state index contributed by atoms with van der Waals surface area (Å²) >= 11 is 0. The Morgan fingerprint density at radius 2 is 2.25 bits per heavy atom. The van der Waals surface area contributed by atoms with E-state index < -0.39 is 0 Å². The van der Waals surface area contributed by atoms with Crippen molar-refractivity contribution in [2.45, 2.75) is 13.0 Å². The molecule has 0 aliphatic rings. The molecule has 0 aliphatic heterocycles. The Morgan fingerprint density at radius 3 is 3.06 bits per heavy atom. The van der Waals surface area contributed by atoms with Gasteiger partial charge in [-0.05, 0) is 32.2 Å². The van der Waals surface area contributed by atoms with Crippen molar-refractivity contribution in [1.29, 1.82) is 0 Å². The summed E-state index contributed by atoms with van der Waals surface area (Å²) in [6, 6.07) is 10.3. The van der Waals surface area contributed by atoms with Crippen LogP contribution in [0.25, 0.3) is 10.9 Å². The number of benzene rings is 1. The first-order chi connectivity index (χ1) is 7.79. The van der Waals surface area contributed by atoms with Crippen LogP contribution in [-0.4, -0.2) is 24.7 Å². The molecule has 3 heteroatoms. The molecule has 1 aromatic carbocycles. The monoisotopic (exact) mass is 216 g/mol. The van der Waals surface area contributed by atoms with Gasteiger partial charge in [-0.2, -0.15) is 0 Å². The van der Waals surface area contributed by atoms with Crippen LogP contribution in [0.15, 0.2) is 36.5 Å². The van der Waals surface area contributed by atoms with Gasteiger partial charge < -0.3 is 10.1 Å². The molecule has 0 spiro atoms. The third-order valence-corrected chi connectivity index (χ3v) is 2.57. The normalized spacial score (nSPS) is 12.6. The van der Waals surface area contributed by atoms with E-state index in [0.717, 1.165) is 16.7 Å². The van der Waals surface area contributed by atoms with E-state index in [-0.39, 0.29) is 0 Å². The van der Waals surface area contributed by atoms with Crippen LogP contribution in [0, 0.1) is 0 Å². The van der Waals surface area contributed by atoms with E-state index in [1.165, 1.54) is 0 Å². The molecule has 0 amide bonds. The molecule has 0 saturated carbocycles. The summed E-state index contributed by atoms with van der Waals surface area (Å²) in [4.78, 5) is 4.29. The van der Waals surface area contributed by atoms with Crippen LogP contribution in [0.3, 0.4) is 0 Å². The van der Waals surface area contributed by atoms with E-state index in [1.807, 2.05) is 37.4 Å². The summed E-state index contributed by atoms with van der Waals surface area (Å²) < 4.78 is 5.66. The lowest BCUT2D eigenvalue weighted by molar-refractivity contribution is 0.280. The van der Waals surface area contributed by atoms with Crippen LogP contribution < -0.4 is 10.1 Å². The Bertz CT molecular complexity index is 470. The number of aromatic nitrogens is 1. The lowest BCUT2D eigenvalue weighted by Crippen LogP contribution is -2.28. The summed E-state index contributed by atoms with van der Waals surface area (Å²) in [5.74, 6) is 0.869. The summed E-state index contributed by atoms with van der Waals surface area (Å²) in [7, 11) is 1.93. The maximum absolute atomic E-state index is 5.66. The van der Waals surface area contributed by atoms with E-state index in [0.29, 0.717) is 12.6 Å². The molecule has 3 nitrogen and oxygen atoms in total. The minimum Gasteiger partial charge on any atom is -0.492 e. The lowest BCUT2D eigenvalue weighted by Gasteiger charge is -2.12. The molecule has 1 aromatic heterocycles. The van der Waals surface area contributed by atoms with Crippen LogP contribution in [0.4, 0.5) is 0 Å². The van der Waals surface area contributed by atoms with Gasteiger partial charge in [-0.1, -0.05) is 6.07 Å². The highest BCUT2D eigenvalue weighted by molar-refractivity contribution is 5.79. The molecule has 1 atom stereocenters. The van der Waals surface area contributed by atoms with E-state index in [1.54, 1.807) is 6.20 Å². The molecule has 0 radical (unpaired) electrons. The van der Waals surface area contributed by atoms with E-state index in [2.05, 4.69) is 17.2 Å². The molecule has 1 unspecified atom stereocenters. The number of hydrogen-bond donors (Lipinski definition) is 1. The van der Waals surface area contributed by atoms with Gasteiger partial charge in [-0.25, -0.2) is 0 Å². The number of nitrogens with zero attached hydrogens (tertiary/aromatic N) is 1. The number of hydrogen-bond acceptors (Lipinski definition) is 3. The van der Waals surface area contributed by atoms with Gasteiger partial charge >= 0.3 is 0 Å². The standard InChI is InChI=1S/C13H16N2O/c1-10(14-2)9-16-12-6-5-11-4-3-7-15-13(11)8-12/h3-8,10,14H,9H2,1-2H3. The van der Waals surface area contributed by atoms with E-state index >= 15 is 0 Å². The summed E-state index contributed by atoms with van der Waals surface area (Å²) in [5.41, 5.74) is 0.970. The smallest absolute Gasteiger partial charge is 0.121 e. The van der Waals surface area contributed by atoms with Crippen LogP contribution >= 0.6 is 0 Å². The molecule has 1 N–H and O–H groups in total. The molecule has 1 heterocycles. The third kappa shape index (κ3) is 2.49. The maximum atomic E-state index is 5.66. The van der Waals surface area contributed by atoms with Crippen molar-refractivity contribution in [2.24, 2.45) is 0 Å². The van der Waals surface area contributed by atoms with E-state index in [9.17, 15) is 0 Å². The van der Waals surface area contributed by atoms with Crippen molar-refractivity contribution in [1.82, 2.24) is 10.3 Å². The zero-order valence-corrected chi connectivity index (χ0v) is 9.60. The predicted molar refractivity (Wildman–Crippen MR) is 65.8 cm³/mol. The Labute approximate surface area is 95.5 Å². The number of fused-ring (bicyclic) bond motifs is 1. The Morgan fingerprint density at radius 1 is 1.38 bits per heavy atom. The van der Waals surface area contributed by atoms with Crippen LogP contribution in [0.1, 0.15) is 6.92 Å². The van der Waals surface area contributed by atoms with Crippen molar-refractivity contribution in [2.75, 3.05) is 13.7 Å². The zero-order chi connectivity index (χ0) is 11.4. The second-order valence-corrected chi connectivity index (χ2v) is 3.86. The fourth-order valence-electron chi connectivity index (χ4n) is 1.44. The van der Waals surface area contributed by atoms with Gasteiger partial charge in [0.1, 0.15) is 12.4 Å². The molecule has 2 rings (SSSR count). The van der Waals surface area contributed by atoms with Crippen molar-refractivity contribution >= 4 is 10.9 Å². The predicted octanol–water partition coefficient (Wildman–Crippen LogP) is 2.22. The van der Waals surface area contributed by atoms with Crippen molar-refractivity contribution in [3.8, 4) is 5.75 Å². The largest absolute Gasteiger partial charge is 0.492 e. The van der Waals surface area contributed by atoms with Gasteiger partial charge in [0, 0.05) is 23.7 Å². The fraction of sp³-hybridized carbons (Fsp3) is 0.308. The minimum atomic E-state index is 0.347. The quantitative estimate of drug-likeness (QED) is 0.851. The SMILES string of the molecule is CNC(C)COc1ccc2cccnc2c1. The zero-order valence-electron chi connectivity index (χ0n) is 9.60. The molecule has 84 valence electrons. The Hall–Kier alpha value is -1.61. The molecule has 0 bridgehead atoms. The lowest BCUT2D eigenvalue weighted by atomic mass is 10.2. The highest BCUT2D eigenvalue weighted by atomic mass is 16.5. The Kier molecular flexibility index (Phi) is 3.37. The average molecular weight is 216 g/mol. The van der Waals surface area contributed by atoms with Gasteiger partial charge in [0.05, 0.1) is 5.52 Å². The molecule has 16 heavy (non-hydrogen) atoms. The first-order valence-electron chi connectivity index (χ1n) is 5.44. The first-order valence-corrected chi connectivity index (χ1v) is 5.44. The topological polar surface area (TPSA) is 34.1 Å². The number of pyridine rings is 1. The number of likely N-dealkylation sites (N-methyl/N-ethyl adjacent to an activating group) is 1. The van der Waals surface area contributed by atoms with Crippen molar-refractivity contribution in [3.05, 3.63) is 36.5 Å². The molecular formula is C13H16N2O. The molecule has 0 saturated heterocycles. The average Bonchev–Trinajstić information content (AvgIpc) is 2.35. The van der Waals surface area contributed by atoms with Crippen LogP contribution in [0.2, 0.25) is 0 Å². The van der Waals surface area contributed by atoms with Crippen molar-refractivity contribution < 1.29 is 4.74 Å². The number of ether oxygens (including phenoxy) is 1. The highest BCUT2D eigenvalue weighted by Gasteiger charge is 2.01. The van der Waals surface area contributed by atoms with Gasteiger partial charge in [0.15, 0.2) is 0 Å². The molecule has 0 fully saturated rings. The van der Waals surface area contributed by atoms with Crippen molar-refractivity contribution in [3.63, 3.8) is 0 Å². The second-order valence-electron chi connectivity index (χ2n) is 3.86. The maximum Gasteiger partial charge on any atom is 0.121 e. The van der Waals surface area contributed by atoms with Gasteiger partial charge in [0.25, 0.3) is 0 Å². The number of rotatable bonds is 4. The summed E-state index contributed by atoms with van der Waals surface area (Å²) in [6.07, 6.45) is 1.79. The van der Waals surface area contributed by atoms with Gasteiger partial charge in [-0.15, -0.1) is 0 Å². The van der Waals surface area contributed by atoms with Crippen LogP contribution in [-0.2, 0) is 0 Å². The first kappa shape index (κ1) is 10.9. The minimum absolute atomic E-state index is 0.347. The number of nitrogens with one attached hydrogen (secondary N) is 1. The fourth-order valence-corrected chi connectivity index (χ4v) is 1.44. The summed E-state index contributed by atoms with van der Waals surface area (Å²) in [5, 5.41) is 4.27. The summed E-state index contributed by atoms with van der Waals surface area (Å²) in [6.45, 7) is 2.74. The van der Waals surface area contributed by atoms with Gasteiger partial charge in [-0.3, -0.25) is 4.98 Å². The van der Waals surface area contributed by atoms with Gasteiger partial charge in [0.2, 0.25) is 0 Å². The second kappa shape index (κ2) is 4.94. The van der Waals surface area contributed by atoms with E-state index in [4.69, 9.17) is 4.74 Å². The molecule has 2 aromatic rings. The molecule has 0 aliphatic carbocycles. The molecular weight excluding hydrogens is 200 g/mol. The Balaban J connectivity index is 2.13. The highest BCUT2D eigenvalue weighted by Crippen LogP contribution is 2.18.